The summed E-state index contributed by atoms with van der Waals surface area (Å²) < 4.78 is 5.54. The fourth-order valence-corrected chi connectivity index (χ4v) is 1.47. The van der Waals surface area contributed by atoms with Gasteiger partial charge in [-0.05, 0) is 30.3 Å². The minimum Gasteiger partial charge on any atom is -0.489 e. The van der Waals surface area contributed by atoms with Gasteiger partial charge in [-0.15, -0.1) is 0 Å². The summed E-state index contributed by atoms with van der Waals surface area (Å²) >= 11 is 5.77. The summed E-state index contributed by atoms with van der Waals surface area (Å²) in [5.74, 6) is 0.710. The maximum atomic E-state index is 8.87. The Morgan fingerprint density at radius 2 is 2.00 bits per heavy atom. The van der Waals surface area contributed by atoms with Gasteiger partial charge in [0.1, 0.15) is 24.1 Å². The van der Waals surface area contributed by atoms with E-state index < -0.39 is 0 Å². The van der Waals surface area contributed by atoms with Crippen molar-refractivity contribution < 1.29 is 4.74 Å². The van der Waals surface area contributed by atoms with Crippen LogP contribution >= 0.6 is 11.6 Å². The second kappa shape index (κ2) is 5.33. The van der Waals surface area contributed by atoms with Gasteiger partial charge in [0.25, 0.3) is 0 Å². The molecule has 84 valence electrons. The van der Waals surface area contributed by atoms with Crippen LogP contribution in [0.1, 0.15) is 11.3 Å². The minimum absolute atomic E-state index is 0.318. The van der Waals surface area contributed by atoms with Crippen molar-refractivity contribution in [3.63, 3.8) is 0 Å². The molecule has 2 rings (SSSR count). The summed E-state index contributed by atoms with van der Waals surface area (Å²) in [5.41, 5.74) is 1.16. The number of pyridine rings is 1. The van der Waals surface area contributed by atoms with Gasteiger partial charge < -0.3 is 4.74 Å². The zero-order valence-corrected chi connectivity index (χ0v) is 9.69. The SMILES string of the molecule is N#Cc1ncccc1COc1ccc(Cl)cc1. The van der Waals surface area contributed by atoms with Gasteiger partial charge in [-0.3, -0.25) is 0 Å². The molecule has 1 aromatic heterocycles. The van der Waals surface area contributed by atoms with Crippen LogP contribution in [-0.4, -0.2) is 4.98 Å². The first-order valence-corrected chi connectivity index (χ1v) is 5.40. The average molecular weight is 245 g/mol. The molecule has 0 aliphatic heterocycles. The third kappa shape index (κ3) is 2.96. The van der Waals surface area contributed by atoms with Crippen molar-refractivity contribution in [3.8, 4) is 11.8 Å². The number of benzene rings is 1. The Bertz CT molecular complexity index is 546. The normalized spacial score (nSPS) is 9.65. The molecule has 0 atom stereocenters. The molecule has 0 aliphatic rings. The van der Waals surface area contributed by atoms with Crippen LogP contribution in [0.3, 0.4) is 0 Å². The lowest BCUT2D eigenvalue weighted by Gasteiger charge is -2.06. The molecule has 0 unspecified atom stereocenters. The van der Waals surface area contributed by atoms with Crippen LogP contribution in [0.2, 0.25) is 5.02 Å². The van der Waals surface area contributed by atoms with Gasteiger partial charge in [0.2, 0.25) is 0 Å². The van der Waals surface area contributed by atoms with Crippen molar-refractivity contribution in [3.05, 3.63) is 58.9 Å². The smallest absolute Gasteiger partial charge is 0.147 e. The van der Waals surface area contributed by atoms with Crippen LogP contribution < -0.4 is 4.74 Å². The highest BCUT2D eigenvalue weighted by Crippen LogP contribution is 2.17. The molecular weight excluding hydrogens is 236 g/mol. The van der Waals surface area contributed by atoms with Crippen LogP contribution in [0, 0.1) is 11.3 Å². The minimum atomic E-state index is 0.318. The number of rotatable bonds is 3. The second-order valence-corrected chi connectivity index (χ2v) is 3.80. The zero-order valence-electron chi connectivity index (χ0n) is 8.93. The van der Waals surface area contributed by atoms with E-state index in [1.807, 2.05) is 12.1 Å². The van der Waals surface area contributed by atoms with E-state index in [-0.39, 0.29) is 0 Å². The van der Waals surface area contributed by atoms with Gasteiger partial charge >= 0.3 is 0 Å². The molecule has 3 nitrogen and oxygen atoms in total. The maximum absolute atomic E-state index is 8.87. The van der Waals surface area contributed by atoms with Crippen molar-refractivity contribution in [1.82, 2.24) is 4.98 Å². The van der Waals surface area contributed by atoms with Gasteiger partial charge in [-0.25, -0.2) is 4.98 Å². The van der Waals surface area contributed by atoms with E-state index in [1.54, 1.807) is 36.5 Å². The Balaban J connectivity index is 2.08. The lowest BCUT2D eigenvalue weighted by molar-refractivity contribution is 0.305. The van der Waals surface area contributed by atoms with Crippen LogP contribution in [0.15, 0.2) is 42.6 Å². The molecule has 0 spiro atoms. The summed E-state index contributed by atoms with van der Waals surface area (Å²) in [6.45, 7) is 0.318. The summed E-state index contributed by atoms with van der Waals surface area (Å²) in [5, 5.41) is 9.53. The van der Waals surface area contributed by atoms with Crippen molar-refractivity contribution in [2.45, 2.75) is 6.61 Å². The lowest BCUT2D eigenvalue weighted by atomic mass is 10.2. The standard InChI is InChI=1S/C13H9ClN2O/c14-11-3-5-12(6-4-11)17-9-10-2-1-7-16-13(10)8-15/h1-7H,9H2. The molecule has 4 heteroatoms. The van der Waals surface area contributed by atoms with Gasteiger partial charge in [0.05, 0.1) is 0 Å². The van der Waals surface area contributed by atoms with E-state index >= 15 is 0 Å². The number of ether oxygens (including phenoxy) is 1. The molecule has 0 amide bonds. The predicted octanol–water partition coefficient (Wildman–Crippen LogP) is 3.19. The predicted molar refractivity (Wildman–Crippen MR) is 64.7 cm³/mol. The Morgan fingerprint density at radius 1 is 1.24 bits per heavy atom. The topological polar surface area (TPSA) is 45.9 Å². The Labute approximate surface area is 104 Å². The molecular formula is C13H9ClN2O. The van der Waals surface area contributed by atoms with Crippen molar-refractivity contribution in [2.24, 2.45) is 0 Å². The van der Waals surface area contributed by atoms with Crippen LogP contribution in [-0.2, 0) is 6.61 Å². The third-order valence-electron chi connectivity index (χ3n) is 2.21. The second-order valence-electron chi connectivity index (χ2n) is 3.37. The number of nitrogens with zero attached hydrogens (tertiary/aromatic N) is 2. The van der Waals surface area contributed by atoms with E-state index in [2.05, 4.69) is 4.98 Å². The van der Waals surface area contributed by atoms with Crippen LogP contribution in [0.4, 0.5) is 0 Å². The molecule has 0 radical (unpaired) electrons. The highest BCUT2D eigenvalue weighted by molar-refractivity contribution is 6.30. The molecule has 0 fully saturated rings. The number of hydrogen-bond donors (Lipinski definition) is 0. The van der Waals surface area contributed by atoms with E-state index in [4.69, 9.17) is 21.6 Å². The summed E-state index contributed by atoms with van der Waals surface area (Å²) in [6.07, 6.45) is 1.59. The first-order chi connectivity index (χ1) is 8.29. The molecule has 0 aliphatic carbocycles. The summed E-state index contributed by atoms with van der Waals surface area (Å²) in [7, 11) is 0. The quantitative estimate of drug-likeness (QED) is 0.833. The zero-order chi connectivity index (χ0) is 12.1. The van der Waals surface area contributed by atoms with Gasteiger partial charge in [-0.2, -0.15) is 5.26 Å². The summed E-state index contributed by atoms with van der Waals surface area (Å²) in [6, 6.07) is 12.7. The highest BCUT2D eigenvalue weighted by atomic mass is 35.5. The largest absolute Gasteiger partial charge is 0.489 e. The highest BCUT2D eigenvalue weighted by Gasteiger charge is 2.03. The molecule has 0 N–H and O–H groups in total. The molecule has 1 aromatic carbocycles. The third-order valence-corrected chi connectivity index (χ3v) is 2.46. The van der Waals surface area contributed by atoms with Crippen molar-refractivity contribution >= 4 is 11.6 Å². The fourth-order valence-electron chi connectivity index (χ4n) is 1.35. The Kier molecular flexibility index (Phi) is 3.59. The Hall–Kier alpha value is -2.05. The number of halogens is 1. The van der Waals surface area contributed by atoms with Gasteiger partial charge in [0, 0.05) is 16.8 Å². The molecule has 0 saturated heterocycles. The molecule has 1 heterocycles. The van der Waals surface area contributed by atoms with Gasteiger partial charge in [-0.1, -0.05) is 17.7 Å². The first-order valence-electron chi connectivity index (χ1n) is 5.02. The van der Waals surface area contributed by atoms with Crippen molar-refractivity contribution in [1.29, 1.82) is 5.26 Å². The van der Waals surface area contributed by atoms with E-state index in [0.29, 0.717) is 23.1 Å². The van der Waals surface area contributed by atoms with Crippen LogP contribution in [0.25, 0.3) is 0 Å². The van der Waals surface area contributed by atoms with E-state index in [9.17, 15) is 0 Å². The van der Waals surface area contributed by atoms with Crippen molar-refractivity contribution in [2.75, 3.05) is 0 Å². The molecule has 0 bridgehead atoms. The molecule has 17 heavy (non-hydrogen) atoms. The first kappa shape index (κ1) is 11.4. The number of hydrogen-bond acceptors (Lipinski definition) is 3. The summed E-state index contributed by atoms with van der Waals surface area (Å²) in [4.78, 5) is 3.96. The molecule has 0 saturated carbocycles. The van der Waals surface area contributed by atoms with Gasteiger partial charge in [0.15, 0.2) is 0 Å². The maximum Gasteiger partial charge on any atom is 0.147 e. The monoisotopic (exact) mass is 244 g/mol. The number of aromatic nitrogens is 1. The lowest BCUT2D eigenvalue weighted by Crippen LogP contribution is -1.99. The Morgan fingerprint density at radius 3 is 2.71 bits per heavy atom. The van der Waals surface area contributed by atoms with E-state index in [0.717, 1.165) is 5.56 Å². The van der Waals surface area contributed by atoms with Crippen LogP contribution in [0.5, 0.6) is 5.75 Å². The molecule has 2 aromatic rings. The van der Waals surface area contributed by atoms with E-state index in [1.165, 1.54) is 0 Å². The average Bonchev–Trinajstić information content (AvgIpc) is 2.38. The fraction of sp³-hybridized carbons (Fsp3) is 0.0769. The number of nitriles is 1.